The smallest absolute Gasteiger partial charge is 0.240 e. The second-order valence-corrected chi connectivity index (χ2v) is 8.72. The van der Waals surface area contributed by atoms with Crippen LogP contribution in [0.2, 0.25) is 0 Å². The fraction of sp³-hybridized carbons (Fsp3) is 0.450. The Labute approximate surface area is 165 Å². The first kappa shape index (κ1) is 20.7. The minimum absolute atomic E-state index is 0.0584. The van der Waals surface area contributed by atoms with Gasteiger partial charge in [-0.05, 0) is 74.7 Å². The standard InChI is InChI=1S/C20H26FN3O3S/c1-2-27-20-4-3-18(13-19(20)21)28(25,26)23-14-16-7-11-24(12-8-16)15-17-5-9-22-10-6-17/h3-6,9-10,13,16,23H,2,7-8,11-12,14-15H2,1H3. The van der Waals surface area contributed by atoms with Crippen LogP contribution < -0.4 is 9.46 Å². The van der Waals surface area contributed by atoms with E-state index in [0.29, 0.717) is 13.2 Å². The normalized spacial score (nSPS) is 16.2. The largest absolute Gasteiger partial charge is 0.491 e. The van der Waals surface area contributed by atoms with Crippen LogP contribution in [0.5, 0.6) is 5.75 Å². The lowest BCUT2D eigenvalue weighted by Gasteiger charge is -2.32. The third-order valence-corrected chi connectivity index (χ3v) is 6.36. The molecule has 0 aliphatic carbocycles. The molecule has 0 saturated carbocycles. The highest BCUT2D eigenvalue weighted by molar-refractivity contribution is 7.89. The SMILES string of the molecule is CCOc1ccc(S(=O)(=O)NCC2CCN(Cc3ccncc3)CC2)cc1F. The van der Waals surface area contributed by atoms with Crippen LogP contribution >= 0.6 is 0 Å². The Morgan fingerprint density at radius 2 is 1.93 bits per heavy atom. The summed E-state index contributed by atoms with van der Waals surface area (Å²) < 4.78 is 46.6. The van der Waals surface area contributed by atoms with E-state index in [1.165, 1.54) is 17.7 Å². The van der Waals surface area contributed by atoms with Crippen LogP contribution in [0, 0.1) is 11.7 Å². The summed E-state index contributed by atoms with van der Waals surface area (Å²) in [6.07, 6.45) is 5.43. The Balaban J connectivity index is 1.49. The highest BCUT2D eigenvalue weighted by Crippen LogP contribution is 2.22. The molecule has 0 atom stereocenters. The second-order valence-electron chi connectivity index (χ2n) is 6.95. The van der Waals surface area contributed by atoms with Crippen LogP contribution in [-0.2, 0) is 16.6 Å². The van der Waals surface area contributed by atoms with Crippen molar-refractivity contribution in [3.63, 3.8) is 0 Å². The van der Waals surface area contributed by atoms with Gasteiger partial charge in [0.2, 0.25) is 10.0 Å². The molecule has 6 nitrogen and oxygen atoms in total. The topological polar surface area (TPSA) is 71.5 Å². The van der Waals surface area contributed by atoms with Crippen molar-refractivity contribution in [2.24, 2.45) is 5.92 Å². The molecule has 1 fully saturated rings. The third-order valence-electron chi connectivity index (χ3n) is 4.94. The van der Waals surface area contributed by atoms with E-state index in [-0.39, 0.29) is 16.6 Å². The van der Waals surface area contributed by atoms with Crippen molar-refractivity contribution in [3.8, 4) is 5.75 Å². The second kappa shape index (κ2) is 9.45. The molecule has 0 amide bonds. The minimum Gasteiger partial charge on any atom is -0.491 e. The number of pyridine rings is 1. The van der Waals surface area contributed by atoms with Gasteiger partial charge in [-0.25, -0.2) is 17.5 Å². The number of hydrogen-bond acceptors (Lipinski definition) is 5. The molecule has 2 heterocycles. The van der Waals surface area contributed by atoms with Crippen LogP contribution in [0.15, 0.2) is 47.6 Å². The van der Waals surface area contributed by atoms with Crippen molar-refractivity contribution in [1.29, 1.82) is 0 Å². The average molecular weight is 408 g/mol. The number of piperidine rings is 1. The number of aromatic nitrogens is 1. The maximum atomic E-state index is 14.0. The first-order valence-corrected chi connectivity index (χ1v) is 11.0. The number of rotatable bonds is 8. The van der Waals surface area contributed by atoms with E-state index in [9.17, 15) is 12.8 Å². The van der Waals surface area contributed by atoms with E-state index in [1.54, 1.807) is 19.3 Å². The van der Waals surface area contributed by atoms with E-state index in [0.717, 1.165) is 38.5 Å². The zero-order valence-electron chi connectivity index (χ0n) is 16.0. The Hall–Kier alpha value is -2.03. The third kappa shape index (κ3) is 5.50. The molecule has 152 valence electrons. The Kier molecular flexibility index (Phi) is 6.98. The van der Waals surface area contributed by atoms with E-state index >= 15 is 0 Å². The van der Waals surface area contributed by atoms with Crippen LogP contribution in [0.1, 0.15) is 25.3 Å². The predicted molar refractivity (Wildman–Crippen MR) is 105 cm³/mol. The zero-order chi connectivity index (χ0) is 20.0. The molecular formula is C20H26FN3O3S. The average Bonchev–Trinajstić information content (AvgIpc) is 2.70. The van der Waals surface area contributed by atoms with Crippen molar-refractivity contribution >= 4 is 10.0 Å². The van der Waals surface area contributed by atoms with Gasteiger partial charge in [-0.1, -0.05) is 0 Å². The zero-order valence-corrected chi connectivity index (χ0v) is 16.8. The van der Waals surface area contributed by atoms with E-state index < -0.39 is 15.8 Å². The maximum absolute atomic E-state index is 14.0. The lowest BCUT2D eigenvalue weighted by atomic mass is 9.97. The molecule has 1 aliphatic heterocycles. The fourth-order valence-corrected chi connectivity index (χ4v) is 4.45. The van der Waals surface area contributed by atoms with Gasteiger partial charge in [0, 0.05) is 25.5 Å². The van der Waals surface area contributed by atoms with Crippen molar-refractivity contribution < 1.29 is 17.5 Å². The summed E-state index contributed by atoms with van der Waals surface area (Å²) >= 11 is 0. The first-order chi connectivity index (χ1) is 13.5. The van der Waals surface area contributed by atoms with Crippen LogP contribution in [-0.4, -0.2) is 44.5 Å². The number of sulfonamides is 1. The number of hydrogen-bond donors (Lipinski definition) is 1. The van der Waals surface area contributed by atoms with Gasteiger partial charge in [0.05, 0.1) is 11.5 Å². The van der Waals surface area contributed by atoms with Gasteiger partial charge in [-0.2, -0.15) is 0 Å². The quantitative estimate of drug-likeness (QED) is 0.729. The van der Waals surface area contributed by atoms with E-state index in [1.807, 2.05) is 12.1 Å². The molecule has 1 aromatic heterocycles. The number of nitrogens with one attached hydrogen (secondary N) is 1. The molecule has 1 aliphatic rings. The van der Waals surface area contributed by atoms with Crippen molar-refractivity contribution in [2.45, 2.75) is 31.2 Å². The van der Waals surface area contributed by atoms with Crippen LogP contribution in [0.4, 0.5) is 4.39 Å². The number of halogens is 1. The molecule has 0 bridgehead atoms. The molecule has 2 aromatic rings. The summed E-state index contributed by atoms with van der Waals surface area (Å²) in [5, 5.41) is 0. The van der Waals surface area contributed by atoms with E-state index in [2.05, 4.69) is 14.6 Å². The van der Waals surface area contributed by atoms with Gasteiger partial charge < -0.3 is 4.74 Å². The summed E-state index contributed by atoms with van der Waals surface area (Å²) in [6.45, 7) is 5.15. The molecule has 28 heavy (non-hydrogen) atoms. The van der Waals surface area contributed by atoms with Crippen molar-refractivity contribution in [2.75, 3.05) is 26.2 Å². The molecule has 3 rings (SSSR count). The fourth-order valence-electron chi connectivity index (χ4n) is 3.33. The van der Waals surface area contributed by atoms with Gasteiger partial charge in [0.25, 0.3) is 0 Å². The molecule has 1 saturated heterocycles. The molecule has 1 aromatic carbocycles. The molecule has 0 radical (unpaired) electrons. The predicted octanol–water partition coefficient (Wildman–Crippen LogP) is 2.81. The molecule has 1 N–H and O–H groups in total. The maximum Gasteiger partial charge on any atom is 0.240 e. The van der Waals surface area contributed by atoms with Gasteiger partial charge in [-0.15, -0.1) is 0 Å². The van der Waals surface area contributed by atoms with Crippen molar-refractivity contribution in [3.05, 3.63) is 54.1 Å². The van der Waals surface area contributed by atoms with E-state index in [4.69, 9.17) is 4.74 Å². The number of likely N-dealkylation sites (tertiary alicyclic amines) is 1. The molecule has 0 spiro atoms. The molecule has 8 heteroatoms. The molecular weight excluding hydrogens is 381 g/mol. The van der Waals surface area contributed by atoms with Crippen molar-refractivity contribution in [1.82, 2.24) is 14.6 Å². The summed E-state index contributed by atoms with van der Waals surface area (Å²) in [5.74, 6) is -0.340. The van der Waals surface area contributed by atoms with Gasteiger partial charge >= 0.3 is 0 Å². The monoisotopic (exact) mass is 407 g/mol. The lowest BCUT2D eigenvalue weighted by Crippen LogP contribution is -2.38. The first-order valence-electron chi connectivity index (χ1n) is 9.51. The summed E-state index contributed by atoms with van der Waals surface area (Å²) in [5.41, 5.74) is 1.23. The summed E-state index contributed by atoms with van der Waals surface area (Å²) in [6, 6.07) is 7.75. The van der Waals surface area contributed by atoms with Crippen LogP contribution in [0.3, 0.4) is 0 Å². The molecule has 0 unspecified atom stereocenters. The van der Waals surface area contributed by atoms with Gasteiger partial charge in [0.1, 0.15) is 0 Å². The Morgan fingerprint density at radius 3 is 2.57 bits per heavy atom. The van der Waals surface area contributed by atoms with Crippen LogP contribution in [0.25, 0.3) is 0 Å². The lowest BCUT2D eigenvalue weighted by molar-refractivity contribution is 0.178. The number of ether oxygens (including phenoxy) is 1. The number of nitrogens with zero attached hydrogens (tertiary/aromatic N) is 2. The number of benzene rings is 1. The highest BCUT2D eigenvalue weighted by atomic mass is 32.2. The van der Waals surface area contributed by atoms with Gasteiger partial charge in [-0.3, -0.25) is 9.88 Å². The summed E-state index contributed by atoms with van der Waals surface area (Å²) in [4.78, 5) is 6.31. The Morgan fingerprint density at radius 1 is 1.21 bits per heavy atom. The summed E-state index contributed by atoms with van der Waals surface area (Å²) in [7, 11) is -3.74. The Bertz CT molecular complexity index is 870. The van der Waals surface area contributed by atoms with Gasteiger partial charge in [0.15, 0.2) is 11.6 Å². The minimum atomic E-state index is -3.74. The highest BCUT2D eigenvalue weighted by Gasteiger charge is 2.22.